The van der Waals surface area contributed by atoms with Crippen molar-refractivity contribution in [2.45, 2.75) is 39.0 Å². The van der Waals surface area contributed by atoms with Crippen LogP contribution in [0.2, 0.25) is 0 Å². The molecular weight excluding hydrogens is 204 g/mol. The molecule has 0 bridgehead atoms. The number of allylic oxidation sites excluding steroid dienone is 2. The average molecular weight is 224 g/mol. The van der Waals surface area contributed by atoms with Gasteiger partial charge in [-0.05, 0) is 25.2 Å². The van der Waals surface area contributed by atoms with Crippen LogP contribution >= 0.6 is 0 Å². The second kappa shape index (κ2) is 6.46. The summed E-state index contributed by atoms with van der Waals surface area (Å²) in [6, 6.07) is 0. The minimum Gasteiger partial charge on any atom is -0.469 e. The number of methoxy groups -OCH3 is 1. The standard InChI is InChI=1S/C13H20O3/c1-3-4-5-6-12(13(15)16-2)10-7-8-11(14)9-10/h4-5,10,12H,3,6-9H2,1-2H3. The second-order valence-corrected chi connectivity index (χ2v) is 4.29. The Balaban J connectivity index is 2.59. The molecule has 0 aliphatic heterocycles. The molecule has 0 aromatic rings. The molecule has 0 saturated heterocycles. The molecule has 16 heavy (non-hydrogen) atoms. The van der Waals surface area contributed by atoms with E-state index in [0.29, 0.717) is 19.3 Å². The van der Waals surface area contributed by atoms with E-state index in [1.807, 2.05) is 12.2 Å². The average Bonchev–Trinajstić information content (AvgIpc) is 2.70. The van der Waals surface area contributed by atoms with Crippen molar-refractivity contribution in [3.05, 3.63) is 12.2 Å². The van der Waals surface area contributed by atoms with Crippen molar-refractivity contribution in [2.24, 2.45) is 11.8 Å². The maximum atomic E-state index is 11.6. The predicted octanol–water partition coefficient (Wildman–Crippen LogP) is 2.50. The van der Waals surface area contributed by atoms with Gasteiger partial charge in [0.2, 0.25) is 0 Å². The number of esters is 1. The number of hydrogen-bond donors (Lipinski definition) is 0. The molecule has 0 radical (unpaired) electrons. The van der Waals surface area contributed by atoms with E-state index < -0.39 is 0 Å². The predicted molar refractivity (Wildman–Crippen MR) is 61.9 cm³/mol. The van der Waals surface area contributed by atoms with Crippen LogP contribution in [0, 0.1) is 11.8 Å². The van der Waals surface area contributed by atoms with Gasteiger partial charge in [-0.25, -0.2) is 0 Å². The third-order valence-corrected chi connectivity index (χ3v) is 3.15. The maximum Gasteiger partial charge on any atom is 0.309 e. The summed E-state index contributed by atoms with van der Waals surface area (Å²) in [5, 5.41) is 0. The van der Waals surface area contributed by atoms with Gasteiger partial charge in [-0.3, -0.25) is 9.59 Å². The van der Waals surface area contributed by atoms with E-state index in [4.69, 9.17) is 4.74 Å². The smallest absolute Gasteiger partial charge is 0.309 e. The van der Waals surface area contributed by atoms with Crippen molar-refractivity contribution in [2.75, 3.05) is 7.11 Å². The fourth-order valence-corrected chi connectivity index (χ4v) is 2.23. The van der Waals surface area contributed by atoms with Crippen molar-refractivity contribution < 1.29 is 14.3 Å². The summed E-state index contributed by atoms with van der Waals surface area (Å²) < 4.78 is 4.81. The first kappa shape index (κ1) is 12.9. The Bertz CT molecular complexity index is 281. The Hall–Kier alpha value is -1.12. The fraction of sp³-hybridized carbons (Fsp3) is 0.692. The summed E-state index contributed by atoms with van der Waals surface area (Å²) in [5.74, 6) is 0.138. The summed E-state index contributed by atoms with van der Waals surface area (Å²) in [7, 11) is 1.41. The quantitative estimate of drug-likeness (QED) is 0.532. The molecule has 1 aliphatic carbocycles. The van der Waals surface area contributed by atoms with Gasteiger partial charge >= 0.3 is 5.97 Å². The van der Waals surface area contributed by atoms with Gasteiger partial charge < -0.3 is 4.74 Å². The summed E-state index contributed by atoms with van der Waals surface area (Å²) in [6.07, 6.45) is 7.72. The normalized spacial score (nSPS) is 22.6. The number of ketones is 1. The van der Waals surface area contributed by atoms with Crippen LogP contribution in [0.15, 0.2) is 12.2 Å². The number of Topliss-reactive ketones (excluding diaryl/α,β-unsaturated/α-hetero) is 1. The van der Waals surface area contributed by atoms with Gasteiger partial charge in [0, 0.05) is 12.8 Å². The Morgan fingerprint density at radius 2 is 2.31 bits per heavy atom. The number of rotatable bonds is 5. The van der Waals surface area contributed by atoms with Crippen LogP contribution in [0.25, 0.3) is 0 Å². The summed E-state index contributed by atoms with van der Waals surface area (Å²) in [5.41, 5.74) is 0. The lowest BCUT2D eigenvalue weighted by molar-refractivity contribution is -0.147. The molecule has 0 heterocycles. The van der Waals surface area contributed by atoms with E-state index in [0.717, 1.165) is 12.8 Å². The topological polar surface area (TPSA) is 43.4 Å². The lowest BCUT2D eigenvalue weighted by Crippen LogP contribution is -2.23. The van der Waals surface area contributed by atoms with Gasteiger partial charge in [-0.15, -0.1) is 0 Å². The van der Waals surface area contributed by atoms with E-state index in [2.05, 4.69) is 6.92 Å². The van der Waals surface area contributed by atoms with Crippen molar-refractivity contribution >= 4 is 11.8 Å². The Kier molecular flexibility index (Phi) is 5.23. The highest BCUT2D eigenvalue weighted by Crippen LogP contribution is 2.32. The molecule has 0 aromatic heterocycles. The molecular formula is C13H20O3. The minimum absolute atomic E-state index is 0.140. The highest BCUT2D eigenvalue weighted by atomic mass is 16.5. The van der Waals surface area contributed by atoms with Gasteiger partial charge in [0.25, 0.3) is 0 Å². The summed E-state index contributed by atoms with van der Waals surface area (Å²) >= 11 is 0. The van der Waals surface area contributed by atoms with E-state index in [-0.39, 0.29) is 23.6 Å². The molecule has 3 heteroatoms. The van der Waals surface area contributed by atoms with Crippen molar-refractivity contribution in [3.8, 4) is 0 Å². The van der Waals surface area contributed by atoms with Crippen LogP contribution in [-0.4, -0.2) is 18.9 Å². The van der Waals surface area contributed by atoms with Gasteiger partial charge in [0.15, 0.2) is 0 Å². The van der Waals surface area contributed by atoms with Gasteiger partial charge in [-0.1, -0.05) is 19.1 Å². The maximum absolute atomic E-state index is 11.6. The van der Waals surface area contributed by atoms with Gasteiger partial charge in [-0.2, -0.15) is 0 Å². The first-order chi connectivity index (χ1) is 7.69. The van der Waals surface area contributed by atoms with Crippen molar-refractivity contribution in [3.63, 3.8) is 0 Å². The SMILES string of the molecule is CCC=CCC(C(=O)OC)C1CCC(=O)C1. The molecule has 1 saturated carbocycles. The monoisotopic (exact) mass is 224 g/mol. The summed E-state index contributed by atoms with van der Waals surface area (Å²) in [6.45, 7) is 2.06. The van der Waals surface area contributed by atoms with Gasteiger partial charge in [0.1, 0.15) is 5.78 Å². The van der Waals surface area contributed by atoms with E-state index in [9.17, 15) is 9.59 Å². The summed E-state index contributed by atoms with van der Waals surface area (Å²) in [4.78, 5) is 22.9. The number of carbonyl (C=O) groups is 2. The largest absolute Gasteiger partial charge is 0.469 e. The van der Waals surface area contributed by atoms with Crippen LogP contribution in [0.5, 0.6) is 0 Å². The second-order valence-electron chi connectivity index (χ2n) is 4.29. The highest BCUT2D eigenvalue weighted by molar-refractivity contribution is 5.82. The van der Waals surface area contributed by atoms with E-state index >= 15 is 0 Å². The molecule has 90 valence electrons. The minimum atomic E-state index is -0.180. The molecule has 0 spiro atoms. The molecule has 2 atom stereocenters. The number of carbonyl (C=O) groups excluding carboxylic acids is 2. The molecule has 1 fully saturated rings. The fourth-order valence-electron chi connectivity index (χ4n) is 2.23. The lowest BCUT2D eigenvalue weighted by atomic mass is 9.88. The zero-order valence-electron chi connectivity index (χ0n) is 10.1. The van der Waals surface area contributed by atoms with E-state index in [1.54, 1.807) is 0 Å². The number of hydrogen-bond acceptors (Lipinski definition) is 3. The third kappa shape index (κ3) is 3.47. The first-order valence-electron chi connectivity index (χ1n) is 5.93. The van der Waals surface area contributed by atoms with Gasteiger partial charge in [0.05, 0.1) is 13.0 Å². The highest BCUT2D eigenvalue weighted by Gasteiger charge is 2.33. The third-order valence-electron chi connectivity index (χ3n) is 3.15. The first-order valence-corrected chi connectivity index (χ1v) is 5.93. The molecule has 0 amide bonds. The zero-order valence-corrected chi connectivity index (χ0v) is 10.1. The Morgan fingerprint density at radius 1 is 1.56 bits per heavy atom. The Labute approximate surface area is 96.9 Å². The van der Waals surface area contributed by atoms with Crippen LogP contribution in [0.4, 0.5) is 0 Å². The van der Waals surface area contributed by atoms with Crippen molar-refractivity contribution in [1.29, 1.82) is 0 Å². The molecule has 1 rings (SSSR count). The molecule has 0 N–H and O–H groups in total. The van der Waals surface area contributed by atoms with E-state index in [1.165, 1.54) is 7.11 Å². The number of ether oxygens (including phenoxy) is 1. The van der Waals surface area contributed by atoms with Crippen LogP contribution < -0.4 is 0 Å². The molecule has 1 aliphatic rings. The zero-order chi connectivity index (χ0) is 12.0. The van der Waals surface area contributed by atoms with Crippen LogP contribution in [0.1, 0.15) is 39.0 Å². The molecule has 0 aromatic carbocycles. The molecule has 2 unspecified atom stereocenters. The van der Waals surface area contributed by atoms with Crippen LogP contribution in [-0.2, 0) is 14.3 Å². The molecule has 3 nitrogen and oxygen atoms in total. The Morgan fingerprint density at radius 3 is 2.81 bits per heavy atom. The lowest BCUT2D eigenvalue weighted by Gasteiger charge is -2.18. The van der Waals surface area contributed by atoms with Crippen molar-refractivity contribution in [1.82, 2.24) is 0 Å². The van der Waals surface area contributed by atoms with Crippen LogP contribution in [0.3, 0.4) is 0 Å².